The van der Waals surface area contributed by atoms with E-state index in [1.807, 2.05) is 30.3 Å². The van der Waals surface area contributed by atoms with Gasteiger partial charge in [0.1, 0.15) is 9.90 Å². The Morgan fingerprint density at radius 3 is 2.43 bits per heavy atom. The highest BCUT2D eigenvalue weighted by molar-refractivity contribution is 7.91. The highest BCUT2D eigenvalue weighted by Gasteiger charge is 2.25. The second kappa shape index (κ2) is 5.87. The van der Waals surface area contributed by atoms with Gasteiger partial charge in [-0.1, -0.05) is 30.3 Å². The molecular weight excluding hydrogens is 308 g/mol. The number of nitrogens with two attached hydrogens (primary N) is 1. The number of hydrogen-bond acceptors (Lipinski definition) is 6. The summed E-state index contributed by atoms with van der Waals surface area (Å²) >= 11 is 1.08. The van der Waals surface area contributed by atoms with Crippen molar-refractivity contribution in [1.29, 1.82) is 0 Å². The number of carbonyl (C=O) groups excluding carboxylic acids is 1. The van der Waals surface area contributed by atoms with Crippen LogP contribution < -0.4 is 11.1 Å². The molecule has 0 spiro atoms. The summed E-state index contributed by atoms with van der Waals surface area (Å²) in [5.74, 6) is -0.241. The van der Waals surface area contributed by atoms with E-state index in [4.69, 9.17) is 5.73 Å². The van der Waals surface area contributed by atoms with Gasteiger partial charge in [-0.3, -0.25) is 4.79 Å². The predicted octanol–water partition coefficient (Wildman–Crippen LogP) is 2.55. The van der Waals surface area contributed by atoms with Gasteiger partial charge in [0.2, 0.25) is 0 Å². The molecule has 2 rings (SSSR count). The standard InChI is InChI=1S/C14H16N2O3S2/c1-9(17)12-11(15)13(21(2,18)19)14(20-12)16-8-10-6-4-3-5-7-10/h3-7,16H,8,15H2,1-2H3. The van der Waals surface area contributed by atoms with Crippen LogP contribution in [0.1, 0.15) is 22.2 Å². The van der Waals surface area contributed by atoms with Crippen molar-refractivity contribution in [3.8, 4) is 0 Å². The first kappa shape index (κ1) is 15.5. The fourth-order valence-corrected chi connectivity index (χ4v) is 4.41. The normalized spacial score (nSPS) is 11.3. The van der Waals surface area contributed by atoms with Crippen LogP contribution >= 0.6 is 11.3 Å². The van der Waals surface area contributed by atoms with Crippen LogP contribution in [-0.2, 0) is 16.4 Å². The van der Waals surface area contributed by atoms with Crippen LogP contribution in [0.25, 0.3) is 0 Å². The molecule has 5 nitrogen and oxygen atoms in total. The number of thiophene rings is 1. The third-order valence-electron chi connectivity index (χ3n) is 2.89. The number of ketones is 1. The van der Waals surface area contributed by atoms with Gasteiger partial charge in [-0.25, -0.2) is 8.42 Å². The first-order valence-corrected chi connectivity index (χ1v) is 8.92. The molecule has 0 aliphatic carbocycles. The van der Waals surface area contributed by atoms with Crippen LogP contribution in [0, 0.1) is 0 Å². The van der Waals surface area contributed by atoms with E-state index < -0.39 is 9.84 Å². The first-order valence-electron chi connectivity index (χ1n) is 6.21. The Balaban J connectivity index is 2.39. The van der Waals surface area contributed by atoms with Gasteiger partial charge in [0.15, 0.2) is 15.6 Å². The second-order valence-electron chi connectivity index (χ2n) is 4.67. The van der Waals surface area contributed by atoms with E-state index in [-0.39, 0.29) is 21.2 Å². The van der Waals surface area contributed by atoms with Crippen LogP contribution in [0.4, 0.5) is 10.7 Å². The summed E-state index contributed by atoms with van der Waals surface area (Å²) in [6, 6.07) is 9.56. The zero-order valence-corrected chi connectivity index (χ0v) is 13.3. The average Bonchev–Trinajstić information content (AvgIpc) is 2.74. The van der Waals surface area contributed by atoms with Crippen molar-refractivity contribution in [2.75, 3.05) is 17.3 Å². The van der Waals surface area contributed by atoms with Gasteiger partial charge in [-0.2, -0.15) is 0 Å². The Morgan fingerprint density at radius 1 is 1.29 bits per heavy atom. The molecule has 3 N–H and O–H groups in total. The second-order valence-corrected chi connectivity index (χ2v) is 7.64. The van der Waals surface area contributed by atoms with E-state index in [1.54, 1.807) is 0 Å². The lowest BCUT2D eigenvalue weighted by atomic mass is 10.2. The third-order valence-corrected chi connectivity index (χ3v) is 5.44. The van der Waals surface area contributed by atoms with Gasteiger partial charge in [0, 0.05) is 19.7 Å². The van der Waals surface area contributed by atoms with E-state index in [0.717, 1.165) is 23.2 Å². The van der Waals surface area contributed by atoms with Crippen molar-refractivity contribution in [1.82, 2.24) is 0 Å². The molecule has 0 aliphatic rings. The molecule has 21 heavy (non-hydrogen) atoms. The monoisotopic (exact) mass is 324 g/mol. The Kier molecular flexibility index (Phi) is 4.34. The molecule has 2 aromatic rings. The van der Waals surface area contributed by atoms with Crippen LogP contribution in [0.5, 0.6) is 0 Å². The summed E-state index contributed by atoms with van der Waals surface area (Å²) in [5.41, 5.74) is 6.87. The molecule has 1 aromatic carbocycles. The Morgan fingerprint density at radius 2 is 1.90 bits per heavy atom. The molecule has 0 fully saturated rings. The molecule has 0 saturated heterocycles. The van der Waals surface area contributed by atoms with Crippen LogP contribution in [0.15, 0.2) is 35.2 Å². The highest BCUT2D eigenvalue weighted by Crippen LogP contribution is 2.39. The molecule has 112 valence electrons. The number of carbonyl (C=O) groups is 1. The first-order chi connectivity index (χ1) is 9.80. The number of benzene rings is 1. The van der Waals surface area contributed by atoms with Gasteiger partial charge in [0.25, 0.3) is 0 Å². The topological polar surface area (TPSA) is 89.3 Å². The lowest BCUT2D eigenvalue weighted by molar-refractivity contribution is 0.102. The van der Waals surface area contributed by atoms with Crippen LogP contribution in [0.3, 0.4) is 0 Å². The maximum absolute atomic E-state index is 11.9. The number of anilines is 2. The van der Waals surface area contributed by atoms with E-state index in [2.05, 4.69) is 5.32 Å². The molecule has 1 aromatic heterocycles. The minimum absolute atomic E-state index is 0.00799. The smallest absolute Gasteiger partial charge is 0.180 e. The van der Waals surface area contributed by atoms with Crippen molar-refractivity contribution < 1.29 is 13.2 Å². The molecule has 0 unspecified atom stereocenters. The van der Waals surface area contributed by atoms with Gasteiger partial charge >= 0.3 is 0 Å². The van der Waals surface area contributed by atoms with Crippen molar-refractivity contribution >= 4 is 37.6 Å². The SMILES string of the molecule is CC(=O)c1sc(NCc2ccccc2)c(S(C)(=O)=O)c1N. The molecule has 1 heterocycles. The number of nitrogen functional groups attached to an aromatic ring is 1. The quantitative estimate of drug-likeness (QED) is 0.825. The maximum atomic E-state index is 11.9. The fourth-order valence-electron chi connectivity index (χ4n) is 1.95. The summed E-state index contributed by atoms with van der Waals surface area (Å²) in [6.45, 7) is 1.83. The molecule has 0 amide bonds. The minimum Gasteiger partial charge on any atom is -0.396 e. The van der Waals surface area contributed by atoms with E-state index in [0.29, 0.717) is 11.5 Å². The predicted molar refractivity (Wildman–Crippen MR) is 85.6 cm³/mol. The lowest BCUT2D eigenvalue weighted by Gasteiger charge is -2.06. The molecule has 0 bridgehead atoms. The summed E-state index contributed by atoms with van der Waals surface area (Å²) < 4.78 is 23.8. The molecule has 0 saturated carbocycles. The van der Waals surface area contributed by atoms with Gasteiger partial charge in [0.05, 0.1) is 10.6 Å². The molecular formula is C14H16N2O3S2. The van der Waals surface area contributed by atoms with Crippen LogP contribution in [-0.4, -0.2) is 20.5 Å². The molecule has 0 radical (unpaired) electrons. The average molecular weight is 324 g/mol. The lowest BCUT2D eigenvalue weighted by Crippen LogP contribution is -2.06. The fraction of sp³-hybridized carbons (Fsp3) is 0.214. The zero-order valence-electron chi connectivity index (χ0n) is 11.7. The Bertz CT molecular complexity index is 765. The Hall–Kier alpha value is -1.86. The number of hydrogen-bond donors (Lipinski definition) is 2. The van der Waals surface area contributed by atoms with Gasteiger partial charge in [-0.05, 0) is 5.56 Å². The minimum atomic E-state index is -3.51. The summed E-state index contributed by atoms with van der Waals surface area (Å²) in [4.78, 5) is 11.8. The van der Waals surface area contributed by atoms with E-state index in [9.17, 15) is 13.2 Å². The Labute approximate surface area is 127 Å². The summed E-state index contributed by atoms with van der Waals surface area (Å²) in [7, 11) is -3.51. The van der Waals surface area contributed by atoms with Crippen molar-refractivity contribution in [3.63, 3.8) is 0 Å². The molecule has 7 heteroatoms. The number of Topliss-reactive ketones (excluding diaryl/α,β-unsaturated/α-hetero) is 1. The van der Waals surface area contributed by atoms with Gasteiger partial charge in [-0.15, -0.1) is 11.3 Å². The van der Waals surface area contributed by atoms with Crippen LogP contribution in [0.2, 0.25) is 0 Å². The largest absolute Gasteiger partial charge is 0.396 e. The molecule has 0 atom stereocenters. The number of rotatable bonds is 5. The van der Waals surface area contributed by atoms with Crippen molar-refractivity contribution in [2.24, 2.45) is 0 Å². The molecule has 0 aliphatic heterocycles. The van der Waals surface area contributed by atoms with E-state index >= 15 is 0 Å². The summed E-state index contributed by atoms with van der Waals surface area (Å²) in [5, 5.41) is 3.47. The number of sulfone groups is 1. The van der Waals surface area contributed by atoms with Crippen molar-refractivity contribution in [3.05, 3.63) is 40.8 Å². The third kappa shape index (κ3) is 3.43. The van der Waals surface area contributed by atoms with Crippen molar-refractivity contribution in [2.45, 2.75) is 18.4 Å². The number of nitrogens with one attached hydrogen (secondary N) is 1. The highest BCUT2D eigenvalue weighted by atomic mass is 32.2. The summed E-state index contributed by atoms with van der Waals surface area (Å²) in [6.07, 6.45) is 1.09. The zero-order chi connectivity index (χ0) is 15.6. The maximum Gasteiger partial charge on any atom is 0.180 e. The van der Waals surface area contributed by atoms with E-state index in [1.165, 1.54) is 6.92 Å². The van der Waals surface area contributed by atoms with Gasteiger partial charge < -0.3 is 11.1 Å².